The number of nitrogens with zero attached hydrogens (tertiary/aromatic N) is 1. The number of benzene rings is 2. The van der Waals surface area contributed by atoms with E-state index in [1.165, 1.54) is 11.8 Å². The van der Waals surface area contributed by atoms with Crippen LogP contribution in [0, 0.1) is 0 Å². The summed E-state index contributed by atoms with van der Waals surface area (Å²) in [5.41, 5.74) is 2.77. The number of carbonyl (C=O) groups excluding carboxylic acids is 2. The molecule has 2 aromatic carbocycles. The van der Waals surface area contributed by atoms with Crippen molar-refractivity contribution < 1.29 is 14.0 Å². The van der Waals surface area contributed by atoms with Crippen molar-refractivity contribution in [2.45, 2.75) is 19.0 Å². The van der Waals surface area contributed by atoms with Gasteiger partial charge in [-0.05, 0) is 55.9 Å². The average molecular weight is 421 g/mol. The predicted molar refractivity (Wildman–Crippen MR) is 121 cm³/mol. The molecule has 3 amide bonds. The quantitative estimate of drug-likeness (QED) is 0.495. The van der Waals surface area contributed by atoms with E-state index in [9.17, 15) is 9.59 Å². The van der Waals surface area contributed by atoms with Crippen LogP contribution in [-0.4, -0.2) is 43.5 Å². The van der Waals surface area contributed by atoms with E-state index in [0.717, 1.165) is 18.5 Å². The fourth-order valence-corrected chi connectivity index (χ4v) is 3.23. The molecule has 162 valence electrons. The minimum atomic E-state index is -0.305. The molecule has 1 aromatic heterocycles. The SMILES string of the molecule is CN(C)C[C@H](Cc1ccccc1)NC(=O)NCc1ccc(NC(=O)c2ccco2)cc1. The van der Waals surface area contributed by atoms with Crippen LogP contribution in [0.5, 0.6) is 0 Å². The molecule has 0 aliphatic rings. The van der Waals surface area contributed by atoms with Gasteiger partial charge < -0.3 is 25.3 Å². The van der Waals surface area contributed by atoms with Crippen LogP contribution in [0.2, 0.25) is 0 Å². The molecular weight excluding hydrogens is 392 g/mol. The van der Waals surface area contributed by atoms with Gasteiger partial charge in [-0.3, -0.25) is 4.79 Å². The second-order valence-corrected chi connectivity index (χ2v) is 7.60. The van der Waals surface area contributed by atoms with Crippen LogP contribution in [0.15, 0.2) is 77.4 Å². The fraction of sp³-hybridized carbons (Fsp3) is 0.250. The van der Waals surface area contributed by atoms with Gasteiger partial charge in [0.1, 0.15) is 0 Å². The number of furan rings is 1. The van der Waals surface area contributed by atoms with Gasteiger partial charge in [-0.2, -0.15) is 0 Å². The smallest absolute Gasteiger partial charge is 0.315 e. The summed E-state index contributed by atoms with van der Waals surface area (Å²) in [6.07, 6.45) is 2.22. The zero-order valence-corrected chi connectivity index (χ0v) is 17.8. The lowest BCUT2D eigenvalue weighted by Crippen LogP contribution is -2.47. The van der Waals surface area contributed by atoms with Gasteiger partial charge in [0.05, 0.1) is 6.26 Å². The summed E-state index contributed by atoms with van der Waals surface area (Å²) in [6, 6.07) is 20.5. The van der Waals surface area contributed by atoms with Crippen molar-refractivity contribution >= 4 is 17.6 Å². The van der Waals surface area contributed by atoms with E-state index in [4.69, 9.17) is 4.42 Å². The van der Waals surface area contributed by atoms with Crippen LogP contribution >= 0.6 is 0 Å². The molecule has 7 nitrogen and oxygen atoms in total. The van der Waals surface area contributed by atoms with Crippen molar-refractivity contribution in [2.24, 2.45) is 0 Å². The first-order valence-corrected chi connectivity index (χ1v) is 10.2. The first-order chi connectivity index (χ1) is 15.0. The Labute approximate surface area is 182 Å². The molecule has 0 unspecified atom stereocenters. The van der Waals surface area contributed by atoms with Crippen LogP contribution in [0.1, 0.15) is 21.7 Å². The van der Waals surface area contributed by atoms with Gasteiger partial charge in [0.2, 0.25) is 0 Å². The lowest BCUT2D eigenvalue weighted by Gasteiger charge is -2.23. The number of anilines is 1. The summed E-state index contributed by atoms with van der Waals surface area (Å²) in [5, 5.41) is 8.73. The number of rotatable bonds is 9. The molecule has 31 heavy (non-hydrogen) atoms. The molecule has 0 bridgehead atoms. The molecule has 0 radical (unpaired) electrons. The average Bonchev–Trinajstić information content (AvgIpc) is 3.29. The molecule has 1 atom stereocenters. The summed E-state index contributed by atoms with van der Waals surface area (Å²) in [6.45, 7) is 1.13. The van der Waals surface area contributed by atoms with E-state index in [2.05, 4.69) is 33.0 Å². The number of likely N-dealkylation sites (N-methyl/N-ethyl adjacent to an activating group) is 1. The highest BCUT2D eigenvalue weighted by atomic mass is 16.3. The minimum absolute atomic E-state index is 0.00316. The van der Waals surface area contributed by atoms with Crippen molar-refractivity contribution in [3.8, 4) is 0 Å². The van der Waals surface area contributed by atoms with Crippen LogP contribution < -0.4 is 16.0 Å². The van der Waals surface area contributed by atoms with Gasteiger partial charge in [-0.1, -0.05) is 42.5 Å². The highest BCUT2D eigenvalue weighted by Gasteiger charge is 2.14. The Hall–Kier alpha value is -3.58. The zero-order chi connectivity index (χ0) is 22.1. The van der Waals surface area contributed by atoms with E-state index < -0.39 is 0 Å². The van der Waals surface area contributed by atoms with Crippen molar-refractivity contribution in [3.05, 3.63) is 89.9 Å². The Morgan fingerprint density at radius 1 is 0.935 bits per heavy atom. The van der Waals surface area contributed by atoms with E-state index in [0.29, 0.717) is 12.2 Å². The molecule has 0 aliphatic heterocycles. The van der Waals surface area contributed by atoms with E-state index in [-0.39, 0.29) is 23.7 Å². The number of hydrogen-bond acceptors (Lipinski definition) is 4. The fourth-order valence-electron chi connectivity index (χ4n) is 3.23. The number of urea groups is 1. The number of nitrogens with one attached hydrogen (secondary N) is 3. The lowest BCUT2D eigenvalue weighted by atomic mass is 10.1. The molecule has 0 spiro atoms. The Balaban J connectivity index is 1.48. The number of hydrogen-bond donors (Lipinski definition) is 3. The van der Waals surface area contributed by atoms with Gasteiger partial charge >= 0.3 is 6.03 Å². The van der Waals surface area contributed by atoms with Crippen molar-refractivity contribution in [2.75, 3.05) is 26.0 Å². The monoisotopic (exact) mass is 420 g/mol. The predicted octanol–water partition coefficient (Wildman–Crippen LogP) is 3.50. The van der Waals surface area contributed by atoms with Crippen LogP contribution in [-0.2, 0) is 13.0 Å². The van der Waals surface area contributed by atoms with Crippen molar-refractivity contribution in [1.82, 2.24) is 15.5 Å². The summed E-state index contributed by atoms with van der Waals surface area (Å²) in [5.74, 6) is -0.0502. The molecule has 0 saturated heterocycles. The maximum Gasteiger partial charge on any atom is 0.315 e. The Bertz CT molecular complexity index is 954. The minimum Gasteiger partial charge on any atom is -0.459 e. The van der Waals surface area contributed by atoms with Gasteiger partial charge in [0.15, 0.2) is 5.76 Å². The topological polar surface area (TPSA) is 86.6 Å². The normalized spacial score (nSPS) is 11.7. The van der Waals surface area contributed by atoms with Crippen LogP contribution in [0.25, 0.3) is 0 Å². The summed E-state index contributed by atoms with van der Waals surface area (Å²) >= 11 is 0. The largest absolute Gasteiger partial charge is 0.459 e. The maximum atomic E-state index is 12.4. The molecule has 0 fully saturated rings. The van der Waals surface area contributed by atoms with E-state index >= 15 is 0 Å². The first-order valence-electron chi connectivity index (χ1n) is 10.2. The standard InChI is InChI=1S/C24H28N4O3/c1-28(2)17-21(15-18-7-4-3-5-8-18)27-24(30)25-16-19-10-12-20(13-11-19)26-23(29)22-9-6-14-31-22/h3-14,21H,15-17H2,1-2H3,(H,26,29)(H2,25,27,30)/t21-/m0/s1. The zero-order valence-electron chi connectivity index (χ0n) is 17.8. The molecule has 7 heteroatoms. The van der Waals surface area contributed by atoms with Crippen molar-refractivity contribution in [1.29, 1.82) is 0 Å². The second-order valence-electron chi connectivity index (χ2n) is 7.60. The molecule has 3 aromatic rings. The Morgan fingerprint density at radius 3 is 2.32 bits per heavy atom. The molecule has 0 saturated carbocycles. The summed E-state index contributed by atoms with van der Waals surface area (Å²) in [7, 11) is 3.98. The highest BCUT2D eigenvalue weighted by Crippen LogP contribution is 2.12. The molecule has 0 aliphatic carbocycles. The first kappa shape index (κ1) is 22.1. The van der Waals surface area contributed by atoms with E-state index in [1.54, 1.807) is 24.3 Å². The van der Waals surface area contributed by atoms with Gasteiger partial charge in [0, 0.05) is 24.8 Å². The van der Waals surface area contributed by atoms with Gasteiger partial charge in [-0.15, -0.1) is 0 Å². The highest BCUT2D eigenvalue weighted by molar-refractivity contribution is 6.02. The third-order valence-electron chi connectivity index (χ3n) is 4.66. The number of carbonyl (C=O) groups is 2. The lowest BCUT2D eigenvalue weighted by molar-refractivity contribution is 0.0996. The van der Waals surface area contributed by atoms with Crippen LogP contribution in [0.4, 0.5) is 10.5 Å². The van der Waals surface area contributed by atoms with E-state index in [1.807, 2.05) is 44.4 Å². The summed E-state index contributed by atoms with van der Waals surface area (Å²) in [4.78, 5) is 26.5. The molecule has 3 rings (SSSR count). The molecule has 1 heterocycles. The second kappa shape index (κ2) is 11.0. The van der Waals surface area contributed by atoms with Crippen molar-refractivity contribution in [3.63, 3.8) is 0 Å². The Kier molecular flexibility index (Phi) is 7.84. The van der Waals surface area contributed by atoms with Gasteiger partial charge in [0.25, 0.3) is 5.91 Å². The van der Waals surface area contributed by atoms with Gasteiger partial charge in [-0.25, -0.2) is 4.79 Å². The molecular formula is C24H28N4O3. The maximum absolute atomic E-state index is 12.4. The third-order valence-corrected chi connectivity index (χ3v) is 4.66. The third kappa shape index (κ3) is 7.31. The molecule has 3 N–H and O–H groups in total. The number of amides is 3. The Morgan fingerprint density at radius 2 is 1.68 bits per heavy atom. The summed E-state index contributed by atoms with van der Waals surface area (Å²) < 4.78 is 5.08. The van der Waals surface area contributed by atoms with Crippen LogP contribution in [0.3, 0.4) is 0 Å².